The normalized spacial score (nSPS) is 12.2. The van der Waals surface area contributed by atoms with Gasteiger partial charge in [0, 0.05) is 6.42 Å². The van der Waals surface area contributed by atoms with E-state index in [1.165, 1.54) is 7.11 Å². The summed E-state index contributed by atoms with van der Waals surface area (Å²) in [7, 11) is 1.49. The second-order valence-electron chi connectivity index (χ2n) is 2.79. The molecule has 0 saturated carbocycles. The highest BCUT2D eigenvalue weighted by molar-refractivity contribution is 6.64. The van der Waals surface area contributed by atoms with Crippen molar-refractivity contribution >= 4 is 16.8 Å². The van der Waals surface area contributed by atoms with E-state index in [0.717, 1.165) is 0 Å². The van der Waals surface area contributed by atoms with Crippen molar-refractivity contribution in [2.75, 3.05) is 7.11 Å². The summed E-state index contributed by atoms with van der Waals surface area (Å²) >= 11 is 5.02. The standard InChI is InChI=1S/C10H10ClFO2/c1-14-9-5-3-2-4-7(9)6-8(12)10(11)13/h2-5,8H,6H2,1H3. The van der Waals surface area contributed by atoms with Gasteiger partial charge in [0.15, 0.2) is 6.17 Å². The van der Waals surface area contributed by atoms with Gasteiger partial charge < -0.3 is 4.74 Å². The number of halogens is 2. The SMILES string of the molecule is COc1ccccc1CC(F)C(=O)Cl. The summed E-state index contributed by atoms with van der Waals surface area (Å²) in [5.74, 6) is 0.563. The van der Waals surface area contributed by atoms with Crippen LogP contribution in [-0.4, -0.2) is 18.5 Å². The molecule has 1 aromatic rings. The van der Waals surface area contributed by atoms with Crippen LogP contribution >= 0.6 is 11.6 Å². The molecule has 2 nitrogen and oxygen atoms in total. The van der Waals surface area contributed by atoms with E-state index in [2.05, 4.69) is 0 Å². The third kappa shape index (κ3) is 2.70. The van der Waals surface area contributed by atoms with E-state index in [4.69, 9.17) is 16.3 Å². The molecule has 0 aliphatic rings. The molecule has 0 radical (unpaired) electrons. The van der Waals surface area contributed by atoms with Gasteiger partial charge in [-0.25, -0.2) is 4.39 Å². The van der Waals surface area contributed by atoms with Crippen molar-refractivity contribution in [3.8, 4) is 5.75 Å². The fraction of sp³-hybridized carbons (Fsp3) is 0.300. The number of benzene rings is 1. The Morgan fingerprint density at radius 1 is 1.57 bits per heavy atom. The van der Waals surface area contributed by atoms with Crippen LogP contribution in [0, 0.1) is 0 Å². The monoisotopic (exact) mass is 216 g/mol. The molecule has 0 aliphatic heterocycles. The fourth-order valence-electron chi connectivity index (χ4n) is 1.14. The minimum Gasteiger partial charge on any atom is -0.496 e. The Labute approximate surface area is 86.6 Å². The van der Waals surface area contributed by atoms with Crippen LogP contribution in [0.4, 0.5) is 4.39 Å². The molecule has 1 unspecified atom stereocenters. The number of rotatable bonds is 4. The zero-order valence-corrected chi connectivity index (χ0v) is 8.42. The first-order chi connectivity index (χ1) is 6.65. The second-order valence-corrected chi connectivity index (χ2v) is 3.16. The largest absolute Gasteiger partial charge is 0.496 e. The van der Waals surface area contributed by atoms with Crippen LogP contribution in [0.15, 0.2) is 24.3 Å². The lowest BCUT2D eigenvalue weighted by atomic mass is 10.1. The van der Waals surface area contributed by atoms with Gasteiger partial charge in [-0.3, -0.25) is 4.79 Å². The van der Waals surface area contributed by atoms with E-state index >= 15 is 0 Å². The topological polar surface area (TPSA) is 26.3 Å². The zero-order chi connectivity index (χ0) is 10.6. The van der Waals surface area contributed by atoms with Crippen molar-refractivity contribution in [1.29, 1.82) is 0 Å². The Kier molecular flexibility index (Phi) is 3.89. The summed E-state index contributed by atoms with van der Waals surface area (Å²) in [6.45, 7) is 0. The molecule has 0 bridgehead atoms. The average molecular weight is 217 g/mol. The second kappa shape index (κ2) is 4.96. The molecule has 76 valence electrons. The highest BCUT2D eigenvalue weighted by Crippen LogP contribution is 2.20. The highest BCUT2D eigenvalue weighted by Gasteiger charge is 2.16. The molecule has 0 fully saturated rings. The minimum atomic E-state index is -1.67. The summed E-state index contributed by atoms with van der Waals surface area (Å²) in [5, 5.41) is -0.976. The van der Waals surface area contributed by atoms with Crippen LogP contribution in [0.25, 0.3) is 0 Å². The molecule has 0 aromatic heterocycles. The summed E-state index contributed by atoms with van der Waals surface area (Å²) in [4.78, 5) is 10.5. The van der Waals surface area contributed by atoms with Crippen molar-refractivity contribution in [3.63, 3.8) is 0 Å². The smallest absolute Gasteiger partial charge is 0.256 e. The van der Waals surface area contributed by atoms with Gasteiger partial charge in [0.1, 0.15) is 5.75 Å². The molecule has 1 atom stereocenters. The van der Waals surface area contributed by atoms with Crippen molar-refractivity contribution in [2.24, 2.45) is 0 Å². The zero-order valence-electron chi connectivity index (χ0n) is 7.67. The first kappa shape index (κ1) is 11.0. The molecule has 1 rings (SSSR count). The molecule has 0 spiro atoms. The van der Waals surface area contributed by atoms with Gasteiger partial charge in [0.25, 0.3) is 5.24 Å². The van der Waals surface area contributed by atoms with Crippen LogP contribution in [-0.2, 0) is 11.2 Å². The lowest BCUT2D eigenvalue weighted by Crippen LogP contribution is -2.13. The maximum atomic E-state index is 13.0. The van der Waals surface area contributed by atoms with E-state index in [1.54, 1.807) is 24.3 Å². The van der Waals surface area contributed by atoms with E-state index < -0.39 is 11.4 Å². The van der Waals surface area contributed by atoms with Crippen molar-refractivity contribution in [2.45, 2.75) is 12.6 Å². The van der Waals surface area contributed by atoms with Crippen LogP contribution < -0.4 is 4.74 Å². The van der Waals surface area contributed by atoms with E-state index in [9.17, 15) is 9.18 Å². The molecule has 1 aromatic carbocycles. The quantitative estimate of drug-likeness (QED) is 0.723. The average Bonchev–Trinajstić information content (AvgIpc) is 2.18. The molecule has 4 heteroatoms. The Morgan fingerprint density at radius 3 is 2.79 bits per heavy atom. The molecular weight excluding hydrogens is 207 g/mol. The van der Waals surface area contributed by atoms with Gasteiger partial charge in [-0.1, -0.05) is 18.2 Å². The van der Waals surface area contributed by atoms with E-state index in [1.807, 2.05) is 0 Å². The number of carbonyl (C=O) groups is 1. The number of carbonyl (C=O) groups excluding carboxylic acids is 1. The molecule has 14 heavy (non-hydrogen) atoms. The van der Waals surface area contributed by atoms with Crippen LogP contribution in [0.2, 0.25) is 0 Å². The summed E-state index contributed by atoms with van der Waals surface area (Å²) in [6.07, 6.45) is -1.72. The summed E-state index contributed by atoms with van der Waals surface area (Å²) < 4.78 is 18.0. The van der Waals surface area contributed by atoms with Gasteiger partial charge in [-0.15, -0.1) is 0 Å². The van der Waals surface area contributed by atoms with Gasteiger partial charge in [-0.2, -0.15) is 0 Å². The van der Waals surface area contributed by atoms with E-state index in [0.29, 0.717) is 11.3 Å². The van der Waals surface area contributed by atoms with Gasteiger partial charge >= 0.3 is 0 Å². The van der Waals surface area contributed by atoms with Gasteiger partial charge in [0.2, 0.25) is 0 Å². The number of hydrogen-bond donors (Lipinski definition) is 0. The maximum absolute atomic E-state index is 13.0. The molecular formula is C10H10ClFO2. The van der Waals surface area contributed by atoms with Gasteiger partial charge in [-0.05, 0) is 23.2 Å². The predicted molar refractivity (Wildman–Crippen MR) is 52.5 cm³/mol. The molecule has 0 amide bonds. The van der Waals surface area contributed by atoms with Crippen molar-refractivity contribution in [3.05, 3.63) is 29.8 Å². The first-order valence-corrected chi connectivity index (χ1v) is 4.48. The lowest BCUT2D eigenvalue weighted by molar-refractivity contribution is -0.115. The predicted octanol–water partition coefficient (Wildman–Crippen LogP) is 2.34. The fourth-order valence-corrected chi connectivity index (χ4v) is 1.22. The Morgan fingerprint density at radius 2 is 2.21 bits per heavy atom. The number of para-hydroxylation sites is 1. The molecule has 0 aliphatic carbocycles. The van der Waals surface area contributed by atoms with E-state index in [-0.39, 0.29) is 6.42 Å². The molecule has 0 N–H and O–H groups in total. The third-order valence-electron chi connectivity index (χ3n) is 1.84. The van der Waals surface area contributed by atoms with Crippen LogP contribution in [0.3, 0.4) is 0 Å². The highest BCUT2D eigenvalue weighted by atomic mass is 35.5. The first-order valence-electron chi connectivity index (χ1n) is 4.10. The number of alkyl halides is 1. The molecule has 0 heterocycles. The summed E-state index contributed by atoms with van der Waals surface area (Å²) in [6, 6.07) is 6.94. The van der Waals surface area contributed by atoms with Crippen molar-refractivity contribution < 1.29 is 13.9 Å². The Hall–Kier alpha value is -1.09. The third-order valence-corrected chi connectivity index (χ3v) is 2.07. The Balaban J connectivity index is 2.80. The maximum Gasteiger partial charge on any atom is 0.256 e. The summed E-state index contributed by atoms with van der Waals surface area (Å²) in [5.41, 5.74) is 0.636. The van der Waals surface area contributed by atoms with Crippen LogP contribution in [0.1, 0.15) is 5.56 Å². The lowest BCUT2D eigenvalue weighted by Gasteiger charge is -2.08. The number of methoxy groups -OCH3 is 1. The minimum absolute atomic E-state index is 0.0493. The van der Waals surface area contributed by atoms with Gasteiger partial charge in [0.05, 0.1) is 7.11 Å². The number of ether oxygens (including phenoxy) is 1. The number of hydrogen-bond acceptors (Lipinski definition) is 2. The van der Waals surface area contributed by atoms with Crippen LogP contribution in [0.5, 0.6) is 5.75 Å². The van der Waals surface area contributed by atoms with Crippen molar-refractivity contribution in [1.82, 2.24) is 0 Å². The Bertz CT molecular complexity index is 328. The molecule has 0 saturated heterocycles.